The van der Waals surface area contributed by atoms with E-state index in [1.165, 1.54) is 21.6 Å². The monoisotopic (exact) mass is 480 g/mol. The van der Waals surface area contributed by atoms with Crippen LogP contribution >= 0.6 is 0 Å². The number of rotatable bonds is 10. The molecule has 1 aromatic heterocycles. The van der Waals surface area contributed by atoms with Crippen LogP contribution < -0.4 is 27.2 Å². The van der Waals surface area contributed by atoms with E-state index in [4.69, 9.17) is 5.73 Å². The third kappa shape index (κ3) is 5.94. The van der Waals surface area contributed by atoms with Gasteiger partial charge in [0.05, 0.1) is 22.7 Å². The van der Waals surface area contributed by atoms with Crippen molar-refractivity contribution in [3.63, 3.8) is 0 Å². The molecule has 0 aliphatic heterocycles. The third-order valence-electron chi connectivity index (χ3n) is 5.59. The van der Waals surface area contributed by atoms with Crippen LogP contribution in [0, 0.1) is 17.0 Å². The van der Waals surface area contributed by atoms with Gasteiger partial charge < -0.3 is 16.0 Å². The number of hydrogen-bond donors (Lipinski definition) is 3. The number of carbonyl (C=O) groups is 1. The Morgan fingerprint density at radius 2 is 1.89 bits per heavy atom. The fraction of sp³-hybridized carbons (Fsp3) is 0.292. The van der Waals surface area contributed by atoms with Crippen molar-refractivity contribution in [2.24, 2.45) is 0 Å². The average Bonchev–Trinajstić information content (AvgIpc) is 2.80. The Morgan fingerprint density at radius 1 is 1.17 bits per heavy atom. The zero-order valence-electron chi connectivity index (χ0n) is 19.6. The number of nitrogen functional groups attached to an aromatic ring is 1. The molecule has 3 aromatic rings. The van der Waals surface area contributed by atoms with Gasteiger partial charge >= 0.3 is 5.69 Å². The third-order valence-corrected chi connectivity index (χ3v) is 5.59. The van der Waals surface area contributed by atoms with Crippen LogP contribution in [0.4, 0.5) is 22.9 Å². The molecule has 35 heavy (non-hydrogen) atoms. The number of nitro benzene ring substituents is 1. The minimum atomic E-state index is -0.699. The molecular weight excluding hydrogens is 452 g/mol. The van der Waals surface area contributed by atoms with Crippen LogP contribution in [-0.4, -0.2) is 26.9 Å². The van der Waals surface area contributed by atoms with Crippen LogP contribution in [0.1, 0.15) is 30.9 Å². The molecule has 0 fully saturated rings. The lowest BCUT2D eigenvalue weighted by molar-refractivity contribution is -0.385. The van der Waals surface area contributed by atoms with E-state index in [0.717, 1.165) is 12.0 Å². The largest absolute Gasteiger partial charge is 0.383 e. The van der Waals surface area contributed by atoms with Gasteiger partial charge in [-0.1, -0.05) is 49.7 Å². The Morgan fingerprint density at radius 3 is 2.54 bits per heavy atom. The highest BCUT2D eigenvalue weighted by Gasteiger charge is 2.22. The number of nitrogens with one attached hydrogen (secondary N) is 2. The topological polar surface area (TPSA) is 156 Å². The SMILES string of the molecule is CCCCn1c(N)c(N(CC(=O)Nc2cccc([N+](=O)[O-])c2C)Cc2ccccc2)c(=O)[nH]c1=O. The van der Waals surface area contributed by atoms with E-state index in [1.807, 2.05) is 37.3 Å². The minimum absolute atomic E-state index is 0.00969. The van der Waals surface area contributed by atoms with Crippen molar-refractivity contribution in [2.45, 2.75) is 39.8 Å². The van der Waals surface area contributed by atoms with Gasteiger partial charge in [0, 0.05) is 19.2 Å². The van der Waals surface area contributed by atoms with Gasteiger partial charge in [0.1, 0.15) is 11.5 Å². The summed E-state index contributed by atoms with van der Waals surface area (Å²) in [7, 11) is 0. The molecule has 11 heteroatoms. The molecule has 1 heterocycles. The number of unbranched alkanes of at least 4 members (excludes halogenated alkanes) is 1. The molecule has 11 nitrogen and oxygen atoms in total. The average molecular weight is 481 g/mol. The molecule has 0 aliphatic rings. The number of carbonyl (C=O) groups excluding carboxylic acids is 1. The highest BCUT2D eigenvalue weighted by Crippen LogP contribution is 2.25. The predicted molar refractivity (Wildman–Crippen MR) is 135 cm³/mol. The molecule has 0 radical (unpaired) electrons. The van der Waals surface area contributed by atoms with Crippen molar-refractivity contribution < 1.29 is 9.72 Å². The van der Waals surface area contributed by atoms with E-state index in [0.29, 0.717) is 24.2 Å². The lowest BCUT2D eigenvalue weighted by Gasteiger charge is -2.26. The van der Waals surface area contributed by atoms with Crippen molar-refractivity contribution >= 4 is 28.8 Å². The number of benzene rings is 2. The summed E-state index contributed by atoms with van der Waals surface area (Å²) in [5, 5.41) is 13.9. The number of hydrogen-bond acceptors (Lipinski definition) is 7. The summed E-state index contributed by atoms with van der Waals surface area (Å²) in [5.74, 6) is -0.530. The summed E-state index contributed by atoms with van der Waals surface area (Å²) in [4.78, 5) is 52.7. The maximum atomic E-state index is 13.0. The second-order valence-electron chi connectivity index (χ2n) is 8.09. The lowest BCUT2D eigenvalue weighted by atomic mass is 10.1. The summed E-state index contributed by atoms with van der Waals surface area (Å²) < 4.78 is 1.29. The van der Waals surface area contributed by atoms with Crippen LogP contribution in [0.25, 0.3) is 0 Å². The number of aromatic amines is 1. The van der Waals surface area contributed by atoms with Gasteiger partial charge in [-0.05, 0) is 25.0 Å². The van der Waals surface area contributed by atoms with Gasteiger partial charge in [-0.3, -0.25) is 29.3 Å². The molecule has 3 rings (SSSR count). The van der Waals surface area contributed by atoms with E-state index in [2.05, 4.69) is 10.3 Å². The fourth-order valence-electron chi connectivity index (χ4n) is 3.76. The number of nitrogens with two attached hydrogens (primary N) is 1. The number of nitro groups is 1. The second-order valence-corrected chi connectivity index (χ2v) is 8.09. The van der Waals surface area contributed by atoms with E-state index in [9.17, 15) is 24.5 Å². The molecule has 184 valence electrons. The van der Waals surface area contributed by atoms with E-state index < -0.39 is 22.1 Å². The summed E-state index contributed by atoms with van der Waals surface area (Å²) in [6.07, 6.45) is 1.50. The Balaban J connectivity index is 1.98. The normalized spacial score (nSPS) is 10.7. The first-order valence-electron chi connectivity index (χ1n) is 11.2. The molecule has 0 bridgehead atoms. The Hall–Kier alpha value is -4.41. The Kier molecular flexibility index (Phi) is 8.03. The van der Waals surface area contributed by atoms with E-state index in [-0.39, 0.29) is 30.3 Å². The number of anilines is 3. The van der Waals surface area contributed by atoms with Crippen LogP contribution in [0.2, 0.25) is 0 Å². The first kappa shape index (κ1) is 25.2. The highest BCUT2D eigenvalue weighted by atomic mass is 16.6. The molecule has 1 amide bonds. The molecule has 0 saturated heterocycles. The van der Waals surface area contributed by atoms with Gasteiger partial charge in [0.25, 0.3) is 11.2 Å². The van der Waals surface area contributed by atoms with Crippen LogP contribution in [-0.2, 0) is 17.9 Å². The maximum absolute atomic E-state index is 13.0. The van der Waals surface area contributed by atoms with Crippen molar-refractivity contribution in [3.8, 4) is 0 Å². The Labute approximate surface area is 201 Å². The number of H-pyrrole nitrogens is 1. The molecular formula is C24H28N6O5. The smallest absolute Gasteiger partial charge is 0.330 e. The summed E-state index contributed by atoms with van der Waals surface area (Å²) in [5.41, 5.74) is 6.28. The lowest BCUT2D eigenvalue weighted by Crippen LogP contribution is -2.41. The Bertz CT molecular complexity index is 1330. The molecule has 0 saturated carbocycles. The molecule has 0 aliphatic carbocycles. The van der Waals surface area contributed by atoms with E-state index in [1.54, 1.807) is 13.0 Å². The molecule has 0 atom stereocenters. The van der Waals surface area contributed by atoms with Crippen LogP contribution in [0.15, 0.2) is 58.1 Å². The highest BCUT2D eigenvalue weighted by molar-refractivity contribution is 5.95. The molecule has 4 N–H and O–H groups in total. The van der Waals surface area contributed by atoms with Crippen molar-refractivity contribution in [3.05, 3.63) is 90.6 Å². The maximum Gasteiger partial charge on any atom is 0.330 e. The molecule has 0 unspecified atom stereocenters. The zero-order chi connectivity index (χ0) is 25.5. The second kappa shape index (κ2) is 11.1. The minimum Gasteiger partial charge on any atom is -0.383 e. The van der Waals surface area contributed by atoms with Crippen molar-refractivity contribution in [1.29, 1.82) is 0 Å². The summed E-state index contributed by atoms with van der Waals surface area (Å²) >= 11 is 0. The number of nitrogens with zero attached hydrogens (tertiary/aromatic N) is 3. The van der Waals surface area contributed by atoms with Crippen LogP contribution in [0.3, 0.4) is 0 Å². The summed E-state index contributed by atoms with van der Waals surface area (Å²) in [6, 6.07) is 13.6. The molecule has 0 spiro atoms. The fourth-order valence-corrected chi connectivity index (χ4v) is 3.76. The van der Waals surface area contributed by atoms with Gasteiger partial charge in [-0.2, -0.15) is 0 Å². The van der Waals surface area contributed by atoms with E-state index >= 15 is 0 Å². The van der Waals surface area contributed by atoms with Crippen molar-refractivity contribution in [2.75, 3.05) is 22.5 Å². The van der Waals surface area contributed by atoms with Gasteiger partial charge in [-0.15, -0.1) is 0 Å². The predicted octanol–water partition coefficient (Wildman–Crippen LogP) is 2.78. The number of amides is 1. The summed E-state index contributed by atoms with van der Waals surface area (Å²) in [6.45, 7) is 3.72. The quantitative estimate of drug-likeness (QED) is 0.297. The number of aromatic nitrogens is 2. The van der Waals surface area contributed by atoms with Gasteiger partial charge in [0.15, 0.2) is 0 Å². The van der Waals surface area contributed by atoms with Crippen molar-refractivity contribution in [1.82, 2.24) is 9.55 Å². The van der Waals surface area contributed by atoms with Gasteiger partial charge in [-0.25, -0.2) is 4.79 Å². The standard InChI is InChI=1S/C24H28N6O5/c1-3-4-13-29-22(25)21(23(32)27-24(29)33)28(14-17-9-6-5-7-10-17)15-20(31)26-18-11-8-12-19(16(18)2)30(34)35/h5-12H,3-4,13-15,25H2,1-2H3,(H,26,31)(H,27,32,33). The van der Waals surface area contributed by atoms with Gasteiger partial charge in [0.2, 0.25) is 5.91 Å². The van der Waals surface area contributed by atoms with Crippen LogP contribution in [0.5, 0.6) is 0 Å². The first-order chi connectivity index (χ1) is 16.7. The molecule has 2 aromatic carbocycles. The first-order valence-corrected chi connectivity index (χ1v) is 11.2. The zero-order valence-corrected chi connectivity index (χ0v) is 19.6.